The number of benzene rings is 2. The van der Waals surface area contributed by atoms with Gasteiger partial charge in [-0.3, -0.25) is 19.7 Å². The van der Waals surface area contributed by atoms with Gasteiger partial charge < -0.3 is 10.1 Å². The Kier molecular flexibility index (Phi) is 6.36. The first-order chi connectivity index (χ1) is 12.0. The van der Waals surface area contributed by atoms with Gasteiger partial charge in [0.25, 0.3) is 5.69 Å². The van der Waals surface area contributed by atoms with Crippen LogP contribution in [0, 0.1) is 10.1 Å². The van der Waals surface area contributed by atoms with Crippen molar-refractivity contribution in [1.29, 1.82) is 0 Å². The molecule has 130 valence electrons. The van der Waals surface area contributed by atoms with E-state index in [2.05, 4.69) is 5.32 Å². The Morgan fingerprint density at radius 3 is 2.48 bits per heavy atom. The third-order valence-corrected chi connectivity index (χ3v) is 3.46. The molecule has 0 fully saturated rings. The lowest BCUT2D eigenvalue weighted by Gasteiger charge is -2.08. The molecule has 0 heterocycles. The molecule has 0 saturated heterocycles. The molecule has 7 heteroatoms. The molecule has 1 N–H and O–H groups in total. The Balaban J connectivity index is 2.20. The van der Waals surface area contributed by atoms with Crippen molar-refractivity contribution < 1.29 is 19.2 Å². The quantitative estimate of drug-likeness (QED) is 0.342. The van der Waals surface area contributed by atoms with Crippen LogP contribution in [0.4, 0.5) is 5.69 Å². The topological polar surface area (TPSA) is 98.5 Å². The Bertz CT molecular complexity index is 774. The van der Waals surface area contributed by atoms with E-state index in [4.69, 9.17) is 4.74 Å². The lowest BCUT2D eigenvalue weighted by atomic mass is 10.0. The van der Waals surface area contributed by atoms with Gasteiger partial charge in [0, 0.05) is 29.3 Å². The van der Waals surface area contributed by atoms with Crippen LogP contribution in [0.2, 0.25) is 0 Å². The van der Waals surface area contributed by atoms with Gasteiger partial charge in [-0.1, -0.05) is 30.3 Å². The predicted molar refractivity (Wildman–Crippen MR) is 91.3 cm³/mol. The van der Waals surface area contributed by atoms with Crippen LogP contribution in [0.1, 0.15) is 28.4 Å². The Morgan fingerprint density at radius 1 is 1.12 bits per heavy atom. The average molecular weight is 342 g/mol. The first-order valence-electron chi connectivity index (χ1n) is 7.76. The van der Waals surface area contributed by atoms with E-state index in [0.717, 1.165) is 0 Å². The molecule has 2 aromatic rings. The summed E-state index contributed by atoms with van der Waals surface area (Å²) in [4.78, 5) is 34.5. The van der Waals surface area contributed by atoms with Crippen molar-refractivity contribution in [2.24, 2.45) is 0 Å². The highest BCUT2D eigenvalue weighted by Gasteiger charge is 2.17. The molecule has 0 saturated carbocycles. The van der Waals surface area contributed by atoms with E-state index >= 15 is 0 Å². The maximum Gasteiger partial charge on any atom is 0.319 e. The molecule has 7 nitrogen and oxygen atoms in total. The highest BCUT2D eigenvalue weighted by atomic mass is 16.6. The van der Waals surface area contributed by atoms with Crippen molar-refractivity contribution in [3.05, 3.63) is 75.3 Å². The monoisotopic (exact) mass is 342 g/mol. The fourth-order valence-corrected chi connectivity index (χ4v) is 2.31. The molecule has 0 aromatic heterocycles. The zero-order valence-corrected chi connectivity index (χ0v) is 13.7. The number of carbonyl (C=O) groups is 2. The first kappa shape index (κ1) is 18.3. The zero-order chi connectivity index (χ0) is 18.2. The third kappa shape index (κ3) is 4.95. The number of hydrogen-bond acceptors (Lipinski definition) is 6. The summed E-state index contributed by atoms with van der Waals surface area (Å²) in [6, 6.07) is 12.9. The van der Waals surface area contributed by atoms with Gasteiger partial charge in [0.15, 0.2) is 5.78 Å². The van der Waals surface area contributed by atoms with Crippen LogP contribution in [0.15, 0.2) is 48.5 Å². The van der Waals surface area contributed by atoms with Gasteiger partial charge in [0.1, 0.15) is 0 Å². The number of nitrogens with one attached hydrogen (secondary N) is 1. The third-order valence-electron chi connectivity index (χ3n) is 3.46. The second-order valence-electron chi connectivity index (χ2n) is 5.20. The predicted octanol–water partition coefficient (Wildman–Crippen LogP) is 2.48. The van der Waals surface area contributed by atoms with E-state index in [9.17, 15) is 19.7 Å². The number of ether oxygens (including phenoxy) is 1. The highest BCUT2D eigenvalue weighted by molar-refractivity contribution is 6.09. The van der Waals surface area contributed by atoms with Crippen LogP contribution >= 0.6 is 0 Å². The number of nitro groups is 1. The van der Waals surface area contributed by atoms with E-state index in [1.54, 1.807) is 37.3 Å². The summed E-state index contributed by atoms with van der Waals surface area (Å²) in [5.41, 5.74) is 1.07. The summed E-state index contributed by atoms with van der Waals surface area (Å²) >= 11 is 0. The number of nitro benzene ring substituents is 1. The minimum Gasteiger partial charge on any atom is -0.465 e. The van der Waals surface area contributed by atoms with Gasteiger partial charge in [-0.25, -0.2) is 0 Å². The van der Waals surface area contributed by atoms with Gasteiger partial charge in [0.2, 0.25) is 0 Å². The van der Waals surface area contributed by atoms with Crippen molar-refractivity contribution in [3.63, 3.8) is 0 Å². The van der Waals surface area contributed by atoms with Gasteiger partial charge in [-0.2, -0.15) is 0 Å². The summed E-state index contributed by atoms with van der Waals surface area (Å²) < 4.78 is 4.79. The molecule has 0 aliphatic rings. The second kappa shape index (κ2) is 8.70. The second-order valence-corrected chi connectivity index (χ2v) is 5.20. The SMILES string of the molecule is CCOC(=O)CNCc1cc(C(=O)c2ccccc2)ccc1[N+](=O)[O-]. The van der Waals surface area contributed by atoms with Gasteiger partial charge in [-0.15, -0.1) is 0 Å². The van der Waals surface area contributed by atoms with Gasteiger partial charge >= 0.3 is 5.97 Å². The lowest BCUT2D eigenvalue weighted by Crippen LogP contribution is -2.24. The number of esters is 1. The number of nitrogens with zero attached hydrogens (tertiary/aromatic N) is 1. The zero-order valence-electron chi connectivity index (χ0n) is 13.7. The molecule has 0 atom stereocenters. The smallest absolute Gasteiger partial charge is 0.319 e. The molecule has 0 bridgehead atoms. The van der Waals surface area contributed by atoms with E-state index in [1.807, 2.05) is 0 Å². The van der Waals surface area contributed by atoms with Crippen molar-refractivity contribution >= 4 is 17.4 Å². The maximum atomic E-state index is 12.5. The minimum atomic E-state index is -0.516. The number of hydrogen-bond donors (Lipinski definition) is 1. The summed E-state index contributed by atoms with van der Waals surface area (Å²) in [6.07, 6.45) is 0. The fraction of sp³-hybridized carbons (Fsp3) is 0.222. The lowest BCUT2D eigenvalue weighted by molar-refractivity contribution is -0.385. The van der Waals surface area contributed by atoms with Gasteiger partial charge in [-0.05, 0) is 19.1 Å². The van der Waals surface area contributed by atoms with Crippen LogP contribution in [0.5, 0.6) is 0 Å². The molecule has 0 aliphatic carbocycles. The number of rotatable bonds is 8. The van der Waals surface area contributed by atoms with Crippen molar-refractivity contribution in [3.8, 4) is 0 Å². The van der Waals surface area contributed by atoms with E-state index in [-0.39, 0.29) is 31.2 Å². The Labute approximate surface area is 144 Å². The molecule has 2 aromatic carbocycles. The van der Waals surface area contributed by atoms with E-state index in [1.165, 1.54) is 18.2 Å². The Morgan fingerprint density at radius 2 is 1.84 bits per heavy atom. The molecular weight excluding hydrogens is 324 g/mol. The summed E-state index contributed by atoms with van der Waals surface area (Å²) in [5, 5.41) is 14.0. The van der Waals surface area contributed by atoms with Crippen molar-refractivity contribution in [2.75, 3.05) is 13.2 Å². The van der Waals surface area contributed by atoms with E-state index < -0.39 is 10.9 Å². The number of carbonyl (C=O) groups excluding carboxylic acids is 2. The van der Waals surface area contributed by atoms with Crippen LogP contribution < -0.4 is 5.32 Å². The van der Waals surface area contributed by atoms with Crippen LogP contribution in [0.3, 0.4) is 0 Å². The average Bonchev–Trinajstić information content (AvgIpc) is 2.62. The van der Waals surface area contributed by atoms with Gasteiger partial charge in [0.05, 0.1) is 18.1 Å². The maximum absolute atomic E-state index is 12.5. The number of ketones is 1. The van der Waals surface area contributed by atoms with Crippen LogP contribution in [-0.2, 0) is 16.1 Å². The van der Waals surface area contributed by atoms with Crippen molar-refractivity contribution in [2.45, 2.75) is 13.5 Å². The molecule has 0 spiro atoms. The summed E-state index contributed by atoms with van der Waals surface area (Å²) in [6.45, 7) is 1.97. The van der Waals surface area contributed by atoms with E-state index in [0.29, 0.717) is 16.7 Å². The molecule has 0 unspecified atom stereocenters. The summed E-state index contributed by atoms with van der Waals surface area (Å²) in [5.74, 6) is -0.663. The molecular formula is C18H18N2O5. The summed E-state index contributed by atoms with van der Waals surface area (Å²) in [7, 11) is 0. The fourth-order valence-electron chi connectivity index (χ4n) is 2.31. The Hall–Kier alpha value is -3.06. The molecule has 0 amide bonds. The highest BCUT2D eigenvalue weighted by Crippen LogP contribution is 2.21. The van der Waals surface area contributed by atoms with Crippen LogP contribution in [-0.4, -0.2) is 29.8 Å². The largest absolute Gasteiger partial charge is 0.465 e. The molecule has 0 aliphatic heterocycles. The standard InChI is InChI=1S/C18H18N2O5/c1-2-25-17(21)12-19-11-15-10-14(8-9-16(15)20(23)24)18(22)13-6-4-3-5-7-13/h3-10,19H,2,11-12H2,1H3. The molecule has 0 radical (unpaired) electrons. The first-order valence-corrected chi connectivity index (χ1v) is 7.76. The van der Waals surface area contributed by atoms with Crippen LogP contribution in [0.25, 0.3) is 0 Å². The molecule has 25 heavy (non-hydrogen) atoms. The van der Waals surface area contributed by atoms with Crippen molar-refractivity contribution in [1.82, 2.24) is 5.32 Å². The molecule has 2 rings (SSSR count). The minimum absolute atomic E-state index is 0.0676. The normalized spacial score (nSPS) is 10.3.